The molecule has 1 atom stereocenters. The van der Waals surface area contributed by atoms with E-state index in [0.717, 1.165) is 29.5 Å². The first-order valence-corrected chi connectivity index (χ1v) is 7.95. The molecule has 0 spiro atoms. The molecule has 4 heteroatoms. The molecule has 0 aromatic heterocycles. The van der Waals surface area contributed by atoms with Gasteiger partial charge in [0, 0.05) is 12.6 Å². The largest absolute Gasteiger partial charge is 0.350 e. The Morgan fingerprint density at radius 3 is 2.48 bits per heavy atom. The molecule has 3 rings (SSSR count). The SMILES string of the molecule is Cc1ccc(-c2ccc(C(=O)NCC(N)C3CC3)c(F)c2)cc1. The molecule has 0 bridgehead atoms. The number of amides is 1. The topological polar surface area (TPSA) is 55.1 Å². The second-order valence-electron chi connectivity index (χ2n) is 6.27. The van der Waals surface area contributed by atoms with Gasteiger partial charge in [-0.05, 0) is 48.9 Å². The predicted molar refractivity (Wildman–Crippen MR) is 89.6 cm³/mol. The fourth-order valence-electron chi connectivity index (χ4n) is 2.62. The lowest BCUT2D eigenvalue weighted by atomic mass is 10.0. The molecule has 0 heterocycles. The van der Waals surface area contributed by atoms with Crippen LogP contribution >= 0.6 is 0 Å². The Hall–Kier alpha value is -2.20. The zero-order valence-electron chi connectivity index (χ0n) is 13.2. The monoisotopic (exact) mass is 312 g/mol. The summed E-state index contributed by atoms with van der Waals surface area (Å²) in [5.41, 5.74) is 8.84. The standard InChI is InChI=1S/C19H21FN2O/c1-12-2-4-13(5-3-12)15-8-9-16(17(20)10-15)19(23)22-11-18(21)14-6-7-14/h2-5,8-10,14,18H,6-7,11,21H2,1H3,(H,22,23). The Morgan fingerprint density at radius 2 is 1.87 bits per heavy atom. The first kappa shape index (κ1) is 15.7. The number of nitrogens with one attached hydrogen (secondary N) is 1. The van der Waals surface area contributed by atoms with Crippen LogP contribution in [0, 0.1) is 18.7 Å². The van der Waals surface area contributed by atoms with Crippen LogP contribution in [0.2, 0.25) is 0 Å². The van der Waals surface area contributed by atoms with E-state index in [4.69, 9.17) is 5.73 Å². The maximum absolute atomic E-state index is 14.3. The first-order chi connectivity index (χ1) is 11.0. The van der Waals surface area contributed by atoms with Crippen molar-refractivity contribution in [3.05, 3.63) is 59.4 Å². The normalized spacial score (nSPS) is 15.3. The maximum atomic E-state index is 14.3. The predicted octanol–water partition coefficient (Wildman–Crippen LogP) is 3.27. The fourth-order valence-corrected chi connectivity index (χ4v) is 2.62. The Morgan fingerprint density at radius 1 is 1.22 bits per heavy atom. The van der Waals surface area contributed by atoms with E-state index >= 15 is 0 Å². The van der Waals surface area contributed by atoms with Gasteiger partial charge in [-0.25, -0.2) is 4.39 Å². The quantitative estimate of drug-likeness (QED) is 0.890. The third-order valence-electron chi connectivity index (χ3n) is 4.32. The summed E-state index contributed by atoms with van der Waals surface area (Å²) in [6.45, 7) is 2.40. The molecule has 2 aromatic carbocycles. The first-order valence-electron chi connectivity index (χ1n) is 7.95. The van der Waals surface area contributed by atoms with Gasteiger partial charge >= 0.3 is 0 Å². The van der Waals surface area contributed by atoms with Crippen molar-refractivity contribution < 1.29 is 9.18 Å². The molecule has 2 aromatic rings. The molecule has 1 aliphatic rings. The number of nitrogens with two attached hydrogens (primary N) is 1. The molecule has 3 N–H and O–H groups in total. The second kappa shape index (κ2) is 6.50. The van der Waals surface area contributed by atoms with Gasteiger partial charge < -0.3 is 11.1 Å². The molecule has 3 nitrogen and oxygen atoms in total. The van der Waals surface area contributed by atoms with Gasteiger partial charge in [0.05, 0.1) is 5.56 Å². The van der Waals surface area contributed by atoms with E-state index in [0.29, 0.717) is 12.5 Å². The van der Waals surface area contributed by atoms with Crippen LogP contribution in [0.5, 0.6) is 0 Å². The van der Waals surface area contributed by atoms with Crippen molar-refractivity contribution in [2.75, 3.05) is 6.54 Å². The van der Waals surface area contributed by atoms with Gasteiger partial charge in [0.2, 0.25) is 0 Å². The van der Waals surface area contributed by atoms with Gasteiger partial charge in [0.25, 0.3) is 5.91 Å². The summed E-state index contributed by atoms with van der Waals surface area (Å²) < 4.78 is 14.3. The smallest absolute Gasteiger partial charge is 0.254 e. The molecule has 1 amide bonds. The van der Waals surface area contributed by atoms with E-state index in [1.165, 1.54) is 12.1 Å². The highest BCUT2D eigenvalue weighted by Gasteiger charge is 2.28. The molecule has 1 unspecified atom stereocenters. The van der Waals surface area contributed by atoms with Crippen LogP contribution in [0.4, 0.5) is 4.39 Å². The van der Waals surface area contributed by atoms with Gasteiger partial charge in [0.15, 0.2) is 0 Å². The highest BCUT2D eigenvalue weighted by molar-refractivity contribution is 5.95. The molecule has 120 valence electrons. The highest BCUT2D eigenvalue weighted by atomic mass is 19.1. The van der Waals surface area contributed by atoms with E-state index in [1.807, 2.05) is 31.2 Å². The lowest BCUT2D eigenvalue weighted by molar-refractivity contribution is 0.0946. The second-order valence-corrected chi connectivity index (χ2v) is 6.27. The van der Waals surface area contributed by atoms with Crippen molar-refractivity contribution in [2.45, 2.75) is 25.8 Å². The van der Waals surface area contributed by atoms with Crippen LogP contribution in [-0.2, 0) is 0 Å². The molecular formula is C19H21FN2O. The minimum atomic E-state index is -0.513. The minimum Gasteiger partial charge on any atom is -0.350 e. The van der Waals surface area contributed by atoms with Crippen LogP contribution in [0.3, 0.4) is 0 Å². The number of benzene rings is 2. The van der Waals surface area contributed by atoms with Crippen molar-refractivity contribution >= 4 is 5.91 Å². The third kappa shape index (κ3) is 3.77. The summed E-state index contributed by atoms with van der Waals surface area (Å²) in [6.07, 6.45) is 2.24. The molecule has 0 saturated heterocycles. The van der Waals surface area contributed by atoms with E-state index in [-0.39, 0.29) is 11.6 Å². The molecule has 1 fully saturated rings. The fraction of sp³-hybridized carbons (Fsp3) is 0.316. The van der Waals surface area contributed by atoms with Gasteiger partial charge in [-0.1, -0.05) is 35.9 Å². The summed E-state index contributed by atoms with van der Waals surface area (Å²) in [4.78, 5) is 12.1. The molecule has 1 saturated carbocycles. The van der Waals surface area contributed by atoms with E-state index < -0.39 is 11.7 Å². The van der Waals surface area contributed by atoms with E-state index in [1.54, 1.807) is 6.07 Å². The molecular weight excluding hydrogens is 291 g/mol. The van der Waals surface area contributed by atoms with Crippen LogP contribution in [0.15, 0.2) is 42.5 Å². The summed E-state index contributed by atoms with van der Waals surface area (Å²) in [5.74, 6) is -0.418. The number of carbonyl (C=O) groups excluding carboxylic acids is 1. The Balaban J connectivity index is 1.70. The molecule has 1 aliphatic carbocycles. The maximum Gasteiger partial charge on any atom is 0.254 e. The van der Waals surface area contributed by atoms with E-state index in [2.05, 4.69) is 5.32 Å². The summed E-state index contributed by atoms with van der Waals surface area (Å²) in [5, 5.41) is 2.72. The summed E-state index contributed by atoms with van der Waals surface area (Å²) in [6, 6.07) is 12.5. The summed E-state index contributed by atoms with van der Waals surface area (Å²) >= 11 is 0. The van der Waals surface area contributed by atoms with Crippen molar-refractivity contribution in [3.63, 3.8) is 0 Å². The number of rotatable bonds is 5. The Labute approximate surface area is 135 Å². The van der Waals surface area contributed by atoms with Crippen LogP contribution < -0.4 is 11.1 Å². The molecule has 23 heavy (non-hydrogen) atoms. The van der Waals surface area contributed by atoms with Crippen LogP contribution in [-0.4, -0.2) is 18.5 Å². The average molecular weight is 312 g/mol. The number of hydrogen-bond acceptors (Lipinski definition) is 2. The number of carbonyl (C=O) groups is 1. The highest BCUT2D eigenvalue weighted by Crippen LogP contribution is 2.31. The van der Waals surface area contributed by atoms with Gasteiger partial charge in [-0.2, -0.15) is 0 Å². The number of hydrogen-bond donors (Lipinski definition) is 2. The van der Waals surface area contributed by atoms with Crippen molar-refractivity contribution in [3.8, 4) is 11.1 Å². The van der Waals surface area contributed by atoms with Gasteiger partial charge in [-0.15, -0.1) is 0 Å². The third-order valence-corrected chi connectivity index (χ3v) is 4.32. The van der Waals surface area contributed by atoms with Gasteiger partial charge in [0.1, 0.15) is 5.82 Å². The zero-order valence-corrected chi connectivity index (χ0v) is 13.2. The minimum absolute atomic E-state index is 0.0335. The average Bonchev–Trinajstić information content (AvgIpc) is 3.38. The number of halogens is 1. The van der Waals surface area contributed by atoms with Crippen molar-refractivity contribution in [1.29, 1.82) is 0 Å². The number of aryl methyl sites for hydroxylation is 1. The van der Waals surface area contributed by atoms with Crippen molar-refractivity contribution in [1.82, 2.24) is 5.32 Å². The van der Waals surface area contributed by atoms with Crippen LogP contribution in [0.25, 0.3) is 11.1 Å². The zero-order chi connectivity index (χ0) is 16.4. The Kier molecular flexibility index (Phi) is 4.44. The van der Waals surface area contributed by atoms with Gasteiger partial charge in [-0.3, -0.25) is 4.79 Å². The summed E-state index contributed by atoms with van der Waals surface area (Å²) in [7, 11) is 0. The molecule has 0 radical (unpaired) electrons. The molecule has 0 aliphatic heterocycles. The Bertz CT molecular complexity index is 708. The lowest BCUT2D eigenvalue weighted by Gasteiger charge is -2.12. The van der Waals surface area contributed by atoms with Crippen LogP contribution in [0.1, 0.15) is 28.8 Å². The lowest BCUT2D eigenvalue weighted by Crippen LogP contribution is -2.38. The van der Waals surface area contributed by atoms with E-state index in [9.17, 15) is 9.18 Å². The van der Waals surface area contributed by atoms with Crippen molar-refractivity contribution in [2.24, 2.45) is 11.7 Å².